The van der Waals surface area contributed by atoms with Gasteiger partial charge in [0.25, 0.3) is 6.43 Å². The zero-order valence-corrected chi connectivity index (χ0v) is 9.96. The third kappa shape index (κ3) is 2.92. The number of likely N-dealkylation sites (tertiary alicyclic amines) is 1. The first-order valence-electron chi connectivity index (χ1n) is 6.42. The highest BCUT2D eigenvalue weighted by Crippen LogP contribution is 2.33. The van der Waals surface area contributed by atoms with Gasteiger partial charge in [0.1, 0.15) is 0 Å². The standard InChI is InChI=1S/C12H22F2N2/c1-9-4-5-11(9)16-6-2-3-10(8-16)15-7-12(13)14/h9-12,15H,2-8H2,1H3. The van der Waals surface area contributed by atoms with Gasteiger partial charge < -0.3 is 5.32 Å². The number of rotatable bonds is 4. The predicted molar refractivity (Wildman–Crippen MR) is 60.8 cm³/mol. The van der Waals surface area contributed by atoms with Gasteiger partial charge in [-0.15, -0.1) is 0 Å². The lowest BCUT2D eigenvalue weighted by atomic mass is 9.79. The SMILES string of the molecule is CC1CCC1N1CCCC(NCC(F)F)C1. The average Bonchev–Trinajstić information content (AvgIpc) is 2.25. The van der Waals surface area contributed by atoms with Gasteiger partial charge in [0, 0.05) is 18.6 Å². The van der Waals surface area contributed by atoms with E-state index < -0.39 is 6.43 Å². The Hall–Kier alpha value is -0.220. The minimum absolute atomic E-state index is 0.154. The number of nitrogens with one attached hydrogen (secondary N) is 1. The number of hydrogen-bond acceptors (Lipinski definition) is 2. The van der Waals surface area contributed by atoms with E-state index in [-0.39, 0.29) is 12.6 Å². The average molecular weight is 232 g/mol. The van der Waals surface area contributed by atoms with Crippen LogP contribution >= 0.6 is 0 Å². The fourth-order valence-electron chi connectivity index (χ4n) is 2.92. The number of nitrogens with zero attached hydrogens (tertiary/aromatic N) is 1. The summed E-state index contributed by atoms with van der Waals surface area (Å²) in [5.74, 6) is 0.800. The maximum atomic E-state index is 12.1. The fraction of sp³-hybridized carbons (Fsp3) is 1.00. The van der Waals surface area contributed by atoms with Crippen LogP contribution < -0.4 is 5.32 Å². The summed E-state index contributed by atoms with van der Waals surface area (Å²) in [6.45, 7) is 4.26. The molecule has 1 aliphatic heterocycles. The highest BCUT2D eigenvalue weighted by Gasteiger charge is 2.34. The molecule has 2 aliphatic rings. The van der Waals surface area contributed by atoms with Crippen molar-refractivity contribution in [3.8, 4) is 0 Å². The van der Waals surface area contributed by atoms with Crippen molar-refractivity contribution in [3.63, 3.8) is 0 Å². The van der Waals surface area contributed by atoms with E-state index >= 15 is 0 Å². The minimum atomic E-state index is -2.22. The van der Waals surface area contributed by atoms with Crippen molar-refractivity contribution < 1.29 is 8.78 Å². The van der Waals surface area contributed by atoms with Crippen LogP contribution in [0.4, 0.5) is 8.78 Å². The maximum absolute atomic E-state index is 12.1. The van der Waals surface area contributed by atoms with Gasteiger partial charge in [-0.25, -0.2) is 8.78 Å². The van der Waals surface area contributed by atoms with E-state index in [1.165, 1.54) is 12.8 Å². The van der Waals surface area contributed by atoms with Gasteiger partial charge in [0.2, 0.25) is 0 Å². The molecule has 0 bridgehead atoms. The Balaban J connectivity index is 1.75. The molecule has 4 heteroatoms. The third-order valence-corrected chi connectivity index (χ3v) is 4.06. The first-order chi connectivity index (χ1) is 7.66. The Morgan fingerprint density at radius 1 is 1.31 bits per heavy atom. The van der Waals surface area contributed by atoms with Crippen molar-refractivity contribution in [2.24, 2.45) is 5.92 Å². The van der Waals surface area contributed by atoms with Gasteiger partial charge >= 0.3 is 0 Å². The van der Waals surface area contributed by atoms with Crippen LogP contribution in [-0.4, -0.2) is 43.0 Å². The predicted octanol–water partition coefficient (Wildman–Crippen LogP) is 2.10. The van der Waals surface area contributed by atoms with Gasteiger partial charge in [0.05, 0.1) is 6.54 Å². The van der Waals surface area contributed by atoms with Gasteiger partial charge in [-0.3, -0.25) is 4.90 Å². The molecule has 1 saturated heterocycles. The largest absolute Gasteiger partial charge is 0.307 e. The molecule has 2 rings (SSSR count). The van der Waals surface area contributed by atoms with Crippen LogP contribution in [0.2, 0.25) is 0 Å². The normalized spacial score (nSPS) is 36.4. The van der Waals surface area contributed by atoms with Crippen LogP contribution in [0, 0.1) is 5.92 Å². The second kappa shape index (κ2) is 5.41. The Kier molecular flexibility index (Phi) is 4.14. The van der Waals surface area contributed by atoms with E-state index in [0.29, 0.717) is 0 Å². The molecule has 1 heterocycles. The van der Waals surface area contributed by atoms with Crippen molar-refractivity contribution in [3.05, 3.63) is 0 Å². The molecule has 0 aromatic rings. The molecule has 2 nitrogen and oxygen atoms in total. The fourth-order valence-corrected chi connectivity index (χ4v) is 2.92. The highest BCUT2D eigenvalue weighted by molar-refractivity contribution is 4.90. The number of hydrogen-bond donors (Lipinski definition) is 1. The molecular formula is C12H22F2N2. The summed E-state index contributed by atoms with van der Waals surface area (Å²) < 4.78 is 24.2. The quantitative estimate of drug-likeness (QED) is 0.798. The lowest BCUT2D eigenvalue weighted by molar-refractivity contribution is 0.0405. The minimum Gasteiger partial charge on any atom is -0.307 e. The molecule has 2 fully saturated rings. The van der Waals surface area contributed by atoms with Crippen LogP contribution in [0.25, 0.3) is 0 Å². The summed E-state index contributed by atoms with van der Waals surface area (Å²) in [5.41, 5.74) is 0. The smallest absolute Gasteiger partial charge is 0.250 e. The topological polar surface area (TPSA) is 15.3 Å². The van der Waals surface area contributed by atoms with E-state index in [2.05, 4.69) is 17.1 Å². The number of halogens is 2. The van der Waals surface area contributed by atoms with E-state index in [0.717, 1.165) is 37.9 Å². The molecular weight excluding hydrogens is 210 g/mol. The van der Waals surface area contributed by atoms with E-state index in [4.69, 9.17) is 0 Å². The highest BCUT2D eigenvalue weighted by atomic mass is 19.3. The second-order valence-corrected chi connectivity index (χ2v) is 5.26. The zero-order chi connectivity index (χ0) is 11.5. The molecule has 0 amide bonds. The van der Waals surface area contributed by atoms with Crippen molar-refractivity contribution in [1.29, 1.82) is 0 Å². The summed E-state index contributed by atoms with van der Waals surface area (Å²) in [7, 11) is 0. The molecule has 0 radical (unpaired) electrons. The van der Waals surface area contributed by atoms with E-state index in [1.807, 2.05) is 0 Å². The molecule has 94 valence electrons. The molecule has 3 unspecified atom stereocenters. The molecule has 1 N–H and O–H groups in total. The van der Waals surface area contributed by atoms with Gasteiger partial charge in [-0.1, -0.05) is 6.92 Å². The summed E-state index contributed by atoms with van der Waals surface area (Å²) in [6, 6.07) is 0.992. The summed E-state index contributed by atoms with van der Waals surface area (Å²) in [6.07, 6.45) is 2.59. The second-order valence-electron chi connectivity index (χ2n) is 5.26. The monoisotopic (exact) mass is 232 g/mol. The number of alkyl halides is 2. The van der Waals surface area contributed by atoms with Crippen molar-refractivity contribution in [2.45, 2.75) is 51.1 Å². The van der Waals surface area contributed by atoms with Crippen LogP contribution in [0.3, 0.4) is 0 Å². The first kappa shape index (κ1) is 12.2. The summed E-state index contributed by atoms with van der Waals surface area (Å²) in [4.78, 5) is 2.50. The van der Waals surface area contributed by atoms with Crippen LogP contribution in [0.5, 0.6) is 0 Å². The molecule has 0 aromatic heterocycles. The first-order valence-corrected chi connectivity index (χ1v) is 6.42. The van der Waals surface area contributed by atoms with Gasteiger partial charge in [-0.2, -0.15) is 0 Å². The van der Waals surface area contributed by atoms with Crippen LogP contribution in [0.1, 0.15) is 32.6 Å². The molecule has 3 atom stereocenters. The lowest BCUT2D eigenvalue weighted by Crippen LogP contribution is -2.54. The van der Waals surface area contributed by atoms with E-state index in [1.54, 1.807) is 0 Å². The van der Waals surface area contributed by atoms with Crippen LogP contribution in [-0.2, 0) is 0 Å². The number of piperidine rings is 1. The Morgan fingerprint density at radius 3 is 2.69 bits per heavy atom. The summed E-state index contributed by atoms with van der Waals surface area (Å²) in [5, 5.41) is 2.98. The lowest BCUT2D eigenvalue weighted by Gasteiger charge is -2.46. The summed E-state index contributed by atoms with van der Waals surface area (Å²) >= 11 is 0. The maximum Gasteiger partial charge on any atom is 0.250 e. The van der Waals surface area contributed by atoms with Crippen LogP contribution in [0.15, 0.2) is 0 Å². The Labute approximate surface area is 96.4 Å². The molecule has 0 aromatic carbocycles. The van der Waals surface area contributed by atoms with Crippen molar-refractivity contribution in [2.75, 3.05) is 19.6 Å². The molecule has 0 spiro atoms. The Morgan fingerprint density at radius 2 is 2.12 bits per heavy atom. The van der Waals surface area contributed by atoms with E-state index in [9.17, 15) is 8.78 Å². The van der Waals surface area contributed by atoms with Crippen molar-refractivity contribution in [1.82, 2.24) is 10.2 Å². The molecule has 1 saturated carbocycles. The zero-order valence-electron chi connectivity index (χ0n) is 9.96. The molecule has 16 heavy (non-hydrogen) atoms. The van der Waals surface area contributed by atoms with Gasteiger partial charge in [-0.05, 0) is 38.1 Å². The Bertz CT molecular complexity index is 223. The molecule has 1 aliphatic carbocycles. The third-order valence-electron chi connectivity index (χ3n) is 4.06. The van der Waals surface area contributed by atoms with Gasteiger partial charge in [0.15, 0.2) is 0 Å². The van der Waals surface area contributed by atoms with Crippen molar-refractivity contribution >= 4 is 0 Å².